The van der Waals surface area contributed by atoms with Crippen LogP contribution < -0.4 is 0 Å². The molecule has 0 aliphatic carbocycles. The molecule has 0 saturated carbocycles. The van der Waals surface area contributed by atoms with Gasteiger partial charge in [0.15, 0.2) is 0 Å². The summed E-state index contributed by atoms with van der Waals surface area (Å²) in [5.74, 6) is 0.627. The lowest BCUT2D eigenvalue weighted by molar-refractivity contribution is 0.317. The summed E-state index contributed by atoms with van der Waals surface area (Å²) >= 11 is 0. The first-order valence-electron chi connectivity index (χ1n) is 5.66. The summed E-state index contributed by atoms with van der Waals surface area (Å²) < 4.78 is 0. The number of hydrogen-bond donors (Lipinski definition) is 1. The molecule has 0 saturated heterocycles. The zero-order chi connectivity index (χ0) is 11.8. The molecule has 0 heterocycles. The average Bonchev–Trinajstić information content (AvgIpc) is 2.30. The monoisotopic (exact) mass is 217 g/mol. The molecule has 1 aromatic carbocycles. The van der Waals surface area contributed by atoms with Crippen molar-refractivity contribution in [2.75, 3.05) is 0 Å². The highest BCUT2D eigenvalue weighted by atomic mass is 16.4. The second kappa shape index (κ2) is 6.83. The lowest BCUT2D eigenvalue weighted by atomic mass is 10.0. The fourth-order valence-corrected chi connectivity index (χ4v) is 1.36. The molecule has 0 fully saturated rings. The van der Waals surface area contributed by atoms with Crippen LogP contribution in [-0.4, -0.2) is 10.9 Å². The molecule has 2 nitrogen and oxygen atoms in total. The van der Waals surface area contributed by atoms with Gasteiger partial charge >= 0.3 is 0 Å². The van der Waals surface area contributed by atoms with Crippen LogP contribution in [0.1, 0.15) is 32.3 Å². The third-order valence-corrected chi connectivity index (χ3v) is 2.37. The number of rotatable bonds is 5. The van der Waals surface area contributed by atoms with Crippen molar-refractivity contribution in [2.24, 2.45) is 11.1 Å². The highest BCUT2D eigenvalue weighted by molar-refractivity contribution is 5.97. The van der Waals surface area contributed by atoms with Gasteiger partial charge in [-0.25, -0.2) is 0 Å². The van der Waals surface area contributed by atoms with Gasteiger partial charge in [0.25, 0.3) is 0 Å². The van der Waals surface area contributed by atoms with Crippen LogP contribution in [0.5, 0.6) is 0 Å². The Bertz CT molecular complexity index is 352. The highest BCUT2D eigenvalue weighted by Crippen LogP contribution is 2.07. The van der Waals surface area contributed by atoms with E-state index in [0.717, 1.165) is 24.1 Å². The molecule has 0 atom stereocenters. The zero-order valence-electron chi connectivity index (χ0n) is 9.93. The van der Waals surface area contributed by atoms with Crippen LogP contribution in [0.15, 0.2) is 41.6 Å². The second-order valence-electron chi connectivity index (χ2n) is 4.27. The van der Waals surface area contributed by atoms with Crippen LogP contribution in [0.4, 0.5) is 0 Å². The predicted molar refractivity (Wildman–Crippen MR) is 68.8 cm³/mol. The average molecular weight is 217 g/mol. The van der Waals surface area contributed by atoms with E-state index in [0.29, 0.717) is 5.92 Å². The fourth-order valence-electron chi connectivity index (χ4n) is 1.36. The zero-order valence-corrected chi connectivity index (χ0v) is 9.93. The van der Waals surface area contributed by atoms with Crippen LogP contribution in [0.25, 0.3) is 6.08 Å². The Morgan fingerprint density at radius 3 is 2.56 bits per heavy atom. The molecule has 1 N–H and O–H groups in total. The van der Waals surface area contributed by atoms with Crippen molar-refractivity contribution in [1.29, 1.82) is 0 Å². The largest absolute Gasteiger partial charge is 0.411 e. The van der Waals surface area contributed by atoms with Gasteiger partial charge in [0.2, 0.25) is 0 Å². The number of oxime groups is 1. The van der Waals surface area contributed by atoms with Crippen molar-refractivity contribution in [2.45, 2.75) is 26.7 Å². The Hall–Kier alpha value is -1.57. The van der Waals surface area contributed by atoms with E-state index in [1.54, 1.807) is 0 Å². The molecule has 0 radical (unpaired) electrons. The molecule has 0 spiro atoms. The molecule has 0 aliphatic rings. The molecule has 0 unspecified atom stereocenters. The minimum absolute atomic E-state index is 0.627. The Balaban J connectivity index is 2.54. The second-order valence-corrected chi connectivity index (χ2v) is 4.27. The van der Waals surface area contributed by atoms with E-state index in [2.05, 4.69) is 19.0 Å². The van der Waals surface area contributed by atoms with Gasteiger partial charge in [0.1, 0.15) is 0 Å². The number of hydrogen-bond acceptors (Lipinski definition) is 2. The summed E-state index contributed by atoms with van der Waals surface area (Å²) in [7, 11) is 0. The lowest BCUT2D eigenvalue weighted by Gasteiger charge is -2.02. The molecule has 0 aromatic heterocycles. The van der Waals surface area contributed by atoms with Crippen molar-refractivity contribution in [3.05, 3.63) is 42.0 Å². The highest BCUT2D eigenvalue weighted by Gasteiger charge is 1.98. The first kappa shape index (κ1) is 12.5. The number of benzene rings is 1. The van der Waals surface area contributed by atoms with Crippen LogP contribution in [0.2, 0.25) is 0 Å². The Morgan fingerprint density at radius 2 is 2.00 bits per heavy atom. The van der Waals surface area contributed by atoms with Crippen molar-refractivity contribution in [3.63, 3.8) is 0 Å². The molecular weight excluding hydrogens is 198 g/mol. The molecule has 0 aliphatic heterocycles. The van der Waals surface area contributed by atoms with Crippen molar-refractivity contribution < 1.29 is 5.21 Å². The summed E-state index contributed by atoms with van der Waals surface area (Å²) in [5, 5.41) is 12.2. The number of nitrogens with zero attached hydrogens (tertiary/aromatic N) is 1. The van der Waals surface area contributed by atoms with Crippen LogP contribution in [0.3, 0.4) is 0 Å². The molecule has 1 rings (SSSR count). The Labute approximate surface area is 97.3 Å². The van der Waals surface area contributed by atoms with E-state index in [9.17, 15) is 0 Å². The number of allylic oxidation sites excluding steroid dienone is 1. The molecule has 0 amide bonds. The third kappa shape index (κ3) is 4.78. The quantitative estimate of drug-likeness (QED) is 0.452. The predicted octanol–water partition coefficient (Wildman–Crippen LogP) is 3.97. The summed E-state index contributed by atoms with van der Waals surface area (Å²) in [5.41, 5.74) is 1.85. The molecule has 1 aromatic rings. The standard InChI is InChI=1S/C14H19NO/c1-12(2)8-10-14(15-16)11-9-13-6-4-3-5-7-13/h3-7,9,11-12,16H,8,10H2,1-2H3/b11-9+,15-14?. The van der Waals surface area contributed by atoms with Gasteiger partial charge in [-0.05, 0) is 30.4 Å². The van der Waals surface area contributed by atoms with Gasteiger partial charge < -0.3 is 5.21 Å². The maximum atomic E-state index is 8.85. The van der Waals surface area contributed by atoms with Gasteiger partial charge in [-0.1, -0.05) is 55.4 Å². The lowest BCUT2D eigenvalue weighted by Crippen LogP contribution is -1.97. The van der Waals surface area contributed by atoms with Gasteiger partial charge in [-0.15, -0.1) is 0 Å². The minimum atomic E-state index is 0.627. The van der Waals surface area contributed by atoms with E-state index >= 15 is 0 Å². The Morgan fingerprint density at radius 1 is 1.31 bits per heavy atom. The van der Waals surface area contributed by atoms with Gasteiger partial charge in [-0.3, -0.25) is 0 Å². The maximum Gasteiger partial charge on any atom is 0.0796 e. The van der Waals surface area contributed by atoms with Crippen LogP contribution >= 0.6 is 0 Å². The Kier molecular flexibility index (Phi) is 5.34. The van der Waals surface area contributed by atoms with E-state index in [1.807, 2.05) is 42.5 Å². The summed E-state index contributed by atoms with van der Waals surface area (Å²) in [6.07, 6.45) is 5.70. The fraction of sp³-hybridized carbons (Fsp3) is 0.357. The van der Waals surface area contributed by atoms with E-state index in [4.69, 9.17) is 5.21 Å². The van der Waals surface area contributed by atoms with Crippen molar-refractivity contribution in [3.8, 4) is 0 Å². The van der Waals surface area contributed by atoms with Crippen LogP contribution in [0, 0.1) is 5.92 Å². The SMILES string of the molecule is CC(C)CCC(/C=C/c1ccccc1)=NO. The molecule has 86 valence electrons. The maximum absolute atomic E-state index is 8.85. The van der Waals surface area contributed by atoms with Gasteiger partial charge in [-0.2, -0.15) is 0 Å². The summed E-state index contributed by atoms with van der Waals surface area (Å²) in [6, 6.07) is 10.0. The van der Waals surface area contributed by atoms with Crippen LogP contribution in [-0.2, 0) is 0 Å². The van der Waals surface area contributed by atoms with Gasteiger partial charge in [0, 0.05) is 0 Å². The smallest absolute Gasteiger partial charge is 0.0796 e. The van der Waals surface area contributed by atoms with E-state index in [1.165, 1.54) is 0 Å². The first-order valence-corrected chi connectivity index (χ1v) is 5.66. The van der Waals surface area contributed by atoms with Crippen molar-refractivity contribution in [1.82, 2.24) is 0 Å². The first-order chi connectivity index (χ1) is 7.72. The van der Waals surface area contributed by atoms with E-state index < -0.39 is 0 Å². The molecule has 0 bridgehead atoms. The van der Waals surface area contributed by atoms with Crippen molar-refractivity contribution >= 4 is 11.8 Å². The molecular formula is C14H19NO. The minimum Gasteiger partial charge on any atom is -0.411 e. The summed E-state index contributed by atoms with van der Waals surface area (Å²) in [6.45, 7) is 4.33. The molecule has 2 heteroatoms. The molecule has 16 heavy (non-hydrogen) atoms. The van der Waals surface area contributed by atoms with E-state index in [-0.39, 0.29) is 0 Å². The summed E-state index contributed by atoms with van der Waals surface area (Å²) in [4.78, 5) is 0. The van der Waals surface area contributed by atoms with Gasteiger partial charge in [0.05, 0.1) is 5.71 Å². The normalized spacial score (nSPS) is 12.6. The topological polar surface area (TPSA) is 32.6 Å². The third-order valence-electron chi connectivity index (χ3n) is 2.37.